The van der Waals surface area contributed by atoms with Gasteiger partial charge in [0.1, 0.15) is 0 Å². The zero-order valence-electron chi connectivity index (χ0n) is 10.2. The Morgan fingerprint density at radius 2 is 2.22 bits per heavy atom. The number of unbranched alkanes of at least 4 members (excludes halogenated alkanes) is 1. The summed E-state index contributed by atoms with van der Waals surface area (Å²) in [5.74, 6) is 2.59. The van der Waals surface area contributed by atoms with Crippen LogP contribution >= 0.6 is 0 Å². The van der Waals surface area contributed by atoms with Gasteiger partial charge in [-0.1, -0.05) is 18.2 Å². The summed E-state index contributed by atoms with van der Waals surface area (Å²) in [7, 11) is 0. The van der Waals surface area contributed by atoms with Gasteiger partial charge in [0, 0.05) is 30.1 Å². The maximum absolute atomic E-state index is 11.7. The van der Waals surface area contributed by atoms with E-state index < -0.39 is 0 Å². The van der Waals surface area contributed by atoms with Gasteiger partial charge in [-0.05, 0) is 18.1 Å². The normalized spacial score (nSPS) is 10.2. The molecular formula is C15H16N2O. The molecule has 0 radical (unpaired) electrons. The van der Waals surface area contributed by atoms with Crippen molar-refractivity contribution in [3.63, 3.8) is 0 Å². The van der Waals surface area contributed by atoms with Crippen LogP contribution in [0.15, 0.2) is 30.5 Å². The second kappa shape index (κ2) is 5.92. The lowest BCUT2D eigenvalue weighted by atomic mass is 10.1. The highest BCUT2D eigenvalue weighted by Crippen LogP contribution is 2.17. The van der Waals surface area contributed by atoms with E-state index >= 15 is 0 Å². The molecule has 0 atom stereocenters. The van der Waals surface area contributed by atoms with Gasteiger partial charge in [0.05, 0.1) is 6.42 Å². The van der Waals surface area contributed by atoms with Crippen molar-refractivity contribution in [2.45, 2.75) is 19.3 Å². The number of rotatable bonds is 5. The van der Waals surface area contributed by atoms with Crippen LogP contribution in [-0.4, -0.2) is 17.4 Å². The summed E-state index contributed by atoms with van der Waals surface area (Å²) < 4.78 is 0. The van der Waals surface area contributed by atoms with Crippen molar-refractivity contribution in [2.75, 3.05) is 6.54 Å². The van der Waals surface area contributed by atoms with Gasteiger partial charge in [0.15, 0.2) is 0 Å². The summed E-state index contributed by atoms with van der Waals surface area (Å²) >= 11 is 0. The predicted molar refractivity (Wildman–Crippen MR) is 73.1 cm³/mol. The Balaban J connectivity index is 1.93. The summed E-state index contributed by atoms with van der Waals surface area (Å²) in [6.07, 6.45) is 8.98. The van der Waals surface area contributed by atoms with E-state index in [1.54, 1.807) is 0 Å². The number of carbonyl (C=O) groups excluding carboxylic acids is 1. The van der Waals surface area contributed by atoms with Crippen LogP contribution in [0.2, 0.25) is 0 Å². The van der Waals surface area contributed by atoms with Crippen molar-refractivity contribution in [3.05, 3.63) is 36.0 Å². The molecule has 0 aliphatic heterocycles. The Labute approximate surface area is 107 Å². The molecule has 92 valence electrons. The third-order valence-corrected chi connectivity index (χ3v) is 2.85. The first kappa shape index (κ1) is 12.3. The third-order valence-electron chi connectivity index (χ3n) is 2.85. The number of H-pyrrole nitrogens is 1. The Hall–Kier alpha value is -2.21. The number of carbonyl (C=O) groups is 1. The average molecular weight is 240 g/mol. The molecule has 0 aliphatic rings. The Morgan fingerprint density at radius 3 is 3.06 bits per heavy atom. The summed E-state index contributed by atoms with van der Waals surface area (Å²) in [6, 6.07) is 7.98. The van der Waals surface area contributed by atoms with E-state index in [1.807, 2.05) is 30.5 Å². The van der Waals surface area contributed by atoms with E-state index in [1.165, 1.54) is 0 Å². The molecule has 1 aromatic carbocycles. The molecule has 0 saturated carbocycles. The molecule has 0 spiro atoms. The van der Waals surface area contributed by atoms with Crippen LogP contribution in [0.4, 0.5) is 0 Å². The number of aromatic amines is 1. The van der Waals surface area contributed by atoms with Gasteiger partial charge in [-0.2, -0.15) is 0 Å². The second-order valence-corrected chi connectivity index (χ2v) is 4.19. The molecule has 18 heavy (non-hydrogen) atoms. The lowest BCUT2D eigenvalue weighted by Crippen LogP contribution is -2.25. The number of terminal acetylenes is 1. The van der Waals surface area contributed by atoms with E-state index in [0.29, 0.717) is 19.4 Å². The van der Waals surface area contributed by atoms with Crippen LogP contribution in [0.1, 0.15) is 18.4 Å². The second-order valence-electron chi connectivity index (χ2n) is 4.19. The van der Waals surface area contributed by atoms with Crippen molar-refractivity contribution in [1.29, 1.82) is 0 Å². The Morgan fingerprint density at radius 1 is 1.39 bits per heavy atom. The van der Waals surface area contributed by atoms with Gasteiger partial charge in [0.2, 0.25) is 5.91 Å². The fourth-order valence-corrected chi connectivity index (χ4v) is 1.93. The van der Waals surface area contributed by atoms with Gasteiger partial charge < -0.3 is 10.3 Å². The third kappa shape index (κ3) is 2.92. The molecule has 0 saturated heterocycles. The van der Waals surface area contributed by atoms with Gasteiger partial charge in [0.25, 0.3) is 0 Å². The maximum atomic E-state index is 11.7. The summed E-state index contributed by atoms with van der Waals surface area (Å²) in [4.78, 5) is 14.9. The lowest BCUT2D eigenvalue weighted by Gasteiger charge is -2.03. The molecule has 1 heterocycles. The minimum absolute atomic E-state index is 0.0387. The fraction of sp³-hybridized carbons (Fsp3) is 0.267. The van der Waals surface area contributed by atoms with E-state index in [9.17, 15) is 4.79 Å². The summed E-state index contributed by atoms with van der Waals surface area (Å²) in [5, 5.41) is 3.98. The number of aromatic nitrogens is 1. The molecule has 0 aliphatic carbocycles. The number of amides is 1. The molecule has 1 aromatic heterocycles. The maximum Gasteiger partial charge on any atom is 0.224 e. The quantitative estimate of drug-likeness (QED) is 0.611. The zero-order valence-corrected chi connectivity index (χ0v) is 10.2. The Kier molecular flexibility index (Phi) is 4.03. The number of hydrogen-bond acceptors (Lipinski definition) is 1. The van der Waals surface area contributed by atoms with Crippen LogP contribution in [0.5, 0.6) is 0 Å². The standard InChI is InChI=1S/C15H16N2O/c1-2-3-6-9-16-15(18)10-12-11-17-14-8-5-4-7-13(12)14/h1,4-5,7-8,11,17H,3,6,9-10H2,(H,16,18). The van der Waals surface area contributed by atoms with Crippen LogP contribution in [0.3, 0.4) is 0 Å². The highest BCUT2D eigenvalue weighted by molar-refractivity contribution is 5.88. The minimum Gasteiger partial charge on any atom is -0.361 e. The van der Waals surface area contributed by atoms with Crippen molar-refractivity contribution in [2.24, 2.45) is 0 Å². The number of hydrogen-bond donors (Lipinski definition) is 2. The molecule has 0 unspecified atom stereocenters. The molecule has 2 aromatic rings. The first-order valence-electron chi connectivity index (χ1n) is 6.06. The van der Waals surface area contributed by atoms with Crippen LogP contribution in [0.25, 0.3) is 10.9 Å². The van der Waals surface area contributed by atoms with Gasteiger partial charge in [-0.3, -0.25) is 4.79 Å². The molecule has 1 amide bonds. The van der Waals surface area contributed by atoms with Crippen molar-refractivity contribution < 1.29 is 4.79 Å². The molecule has 0 bridgehead atoms. The Bertz CT molecular complexity index is 577. The summed E-state index contributed by atoms with van der Waals surface area (Å²) in [5.41, 5.74) is 2.09. The van der Waals surface area contributed by atoms with Gasteiger partial charge in [-0.15, -0.1) is 12.3 Å². The predicted octanol–water partition coefficient (Wildman–Crippen LogP) is 2.24. The van der Waals surface area contributed by atoms with E-state index in [2.05, 4.69) is 16.2 Å². The minimum atomic E-state index is 0.0387. The van der Waals surface area contributed by atoms with Crippen molar-refractivity contribution in [3.8, 4) is 12.3 Å². The molecule has 0 fully saturated rings. The van der Waals surface area contributed by atoms with E-state index in [4.69, 9.17) is 6.42 Å². The van der Waals surface area contributed by atoms with Crippen LogP contribution < -0.4 is 5.32 Å². The van der Waals surface area contributed by atoms with Crippen molar-refractivity contribution in [1.82, 2.24) is 10.3 Å². The van der Waals surface area contributed by atoms with Crippen LogP contribution in [0, 0.1) is 12.3 Å². The number of nitrogens with one attached hydrogen (secondary N) is 2. The number of para-hydroxylation sites is 1. The average Bonchev–Trinajstić information content (AvgIpc) is 2.78. The lowest BCUT2D eigenvalue weighted by molar-refractivity contribution is -0.120. The highest BCUT2D eigenvalue weighted by Gasteiger charge is 2.07. The summed E-state index contributed by atoms with van der Waals surface area (Å²) in [6.45, 7) is 0.644. The largest absolute Gasteiger partial charge is 0.361 e. The number of fused-ring (bicyclic) bond motifs is 1. The molecular weight excluding hydrogens is 224 g/mol. The topological polar surface area (TPSA) is 44.9 Å². The smallest absolute Gasteiger partial charge is 0.224 e. The molecule has 3 nitrogen and oxygen atoms in total. The highest BCUT2D eigenvalue weighted by atomic mass is 16.1. The first-order valence-corrected chi connectivity index (χ1v) is 6.06. The van der Waals surface area contributed by atoms with Crippen LogP contribution in [-0.2, 0) is 11.2 Å². The molecule has 3 heteroatoms. The zero-order chi connectivity index (χ0) is 12.8. The van der Waals surface area contributed by atoms with E-state index in [0.717, 1.165) is 22.9 Å². The van der Waals surface area contributed by atoms with Gasteiger partial charge >= 0.3 is 0 Å². The number of benzene rings is 1. The van der Waals surface area contributed by atoms with Gasteiger partial charge in [-0.25, -0.2) is 0 Å². The van der Waals surface area contributed by atoms with Crippen molar-refractivity contribution >= 4 is 16.8 Å². The van der Waals surface area contributed by atoms with E-state index in [-0.39, 0.29) is 5.91 Å². The SMILES string of the molecule is C#CCCCNC(=O)Cc1c[nH]c2ccccc12. The monoisotopic (exact) mass is 240 g/mol. The fourth-order valence-electron chi connectivity index (χ4n) is 1.93. The first-order chi connectivity index (χ1) is 8.81. The molecule has 2 N–H and O–H groups in total. The molecule has 2 rings (SSSR count).